The van der Waals surface area contributed by atoms with E-state index < -0.39 is 0 Å². The second-order valence-corrected chi connectivity index (χ2v) is 5.17. The van der Waals surface area contributed by atoms with Crippen LogP contribution in [0.2, 0.25) is 0 Å². The molecule has 0 radical (unpaired) electrons. The Hall–Kier alpha value is -2.68. The van der Waals surface area contributed by atoms with E-state index in [4.69, 9.17) is 0 Å². The minimum atomic E-state index is -0.205. The quantitative estimate of drug-likeness (QED) is 0.533. The fourth-order valence-electron chi connectivity index (χ4n) is 2.67. The van der Waals surface area contributed by atoms with Gasteiger partial charge in [-0.3, -0.25) is 0 Å². The maximum Gasteiger partial charge on any atom is 0.123 e. The van der Waals surface area contributed by atoms with Gasteiger partial charge in [-0.05, 0) is 29.8 Å². The molecule has 0 spiro atoms. The Bertz CT molecular complexity index is 877. The van der Waals surface area contributed by atoms with Gasteiger partial charge in [0.2, 0.25) is 0 Å². The third-order valence-corrected chi connectivity index (χ3v) is 3.71. The summed E-state index contributed by atoms with van der Waals surface area (Å²) in [6, 6.07) is 16.8. The van der Waals surface area contributed by atoms with Gasteiger partial charge in [0, 0.05) is 29.9 Å². The summed E-state index contributed by atoms with van der Waals surface area (Å²) in [5, 5.41) is 1.18. The van der Waals surface area contributed by atoms with Gasteiger partial charge >= 0.3 is 0 Å². The van der Waals surface area contributed by atoms with Gasteiger partial charge in [-0.1, -0.05) is 30.3 Å². The van der Waals surface area contributed by atoms with Crippen molar-refractivity contribution >= 4 is 10.9 Å². The summed E-state index contributed by atoms with van der Waals surface area (Å²) in [6.45, 7) is 0.708. The number of pyridine rings is 1. The minimum absolute atomic E-state index is 0.205. The molecular formula is C18H13FN2. The standard InChI is InChI=1S/C18H13FN2/c19-14-7-5-13(6-8-14)11-21-10-9-16-15-3-1-2-4-17(15)20-18(16)12-21/h1-10,12H,11H2. The number of fused-ring (bicyclic) bond motifs is 3. The molecule has 0 N–H and O–H groups in total. The summed E-state index contributed by atoms with van der Waals surface area (Å²) in [5.41, 5.74) is 4.24. The van der Waals surface area contributed by atoms with Crippen LogP contribution in [0.5, 0.6) is 0 Å². The van der Waals surface area contributed by atoms with E-state index in [2.05, 4.69) is 21.7 Å². The number of nitrogens with zero attached hydrogens (tertiary/aromatic N) is 2. The van der Waals surface area contributed by atoms with Crippen LogP contribution in [0, 0.1) is 5.82 Å². The number of para-hydroxylation sites is 1. The molecule has 2 aromatic rings. The van der Waals surface area contributed by atoms with Crippen LogP contribution in [0.15, 0.2) is 67.0 Å². The number of rotatable bonds is 2. The summed E-state index contributed by atoms with van der Waals surface area (Å²) in [4.78, 5) is 4.65. The fraction of sp³-hybridized carbons (Fsp3) is 0.0556. The second-order valence-electron chi connectivity index (χ2n) is 5.17. The van der Waals surface area contributed by atoms with Gasteiger partial charge in [0.05, 0.1) is 11.2 Å². The van der Waals surface area contributed by atoms with Crippen molar-refractivity contribution in [2.24, 2.45) is 0 Å². The topological polar surface area (TPSA) is 17.8 Å². The molecule has 0 bridgehead atoms. The van der Waals surface area contributed by atoms with Crippen LogP contribution in [0.1, 0.15) is 5.56 Å². The number of hydrogen-bond acceptors (Lipinski definition) is 1. The predicted molar refractivity (Wildman–Crippen MR) is 81.9 cm³/mol. The van der Waals surface area contributed by atoms with Crippen LogP contribution in [-0.2, 0) is 6.54 Å². The van der Waals surface area contributed by atoms with Crippen molar-refractivity contribution in [1.29, 1.82) is 0 Å². The molecular weight excluding hydrogens is 263 g/mol. The van der Waals surface area contributed by atoms with E-state index in [1.54, 1.807) is 12.1 Å². The number of hydrogen-bond donors (Lipinski definition) is 0. The van der Waals surface area contributed by atoms with Gasteiger partial charge in [-0.15, -0.1) is 0 Å². The van der Waals surface area contributed by atoms with Crippen molar-refractivity contribution in [3.8, 4) is 11.3 Å². The lowest BCUT2D eigenvalue weighted by molar-refractivity contribution is 0.626. The Balaban J connectivity index is 1.75. The van der Waals surface area contributed by atoms with Crippen molar-refractivity contribution in [1.82, 2.24) is 9.55 Å². The maximum absolute atomic E-state index is 12.9. The van der Waals surface area contributed by atoms with Crippen LogP contribution < -0.4 is 0 Å². The molecule has 0 aliphatic carbocycles. The molecule has 0 atom stereocenters. The van der Waals surface area contributed by atoms with E-state index >= 15 is 0 Å². The molecule has 2 aliphatic heterocycles. The Morgan fingerprint density at radius 1 is 0.952 bits per heavy atom. The second kappa shape index (κ2) is 4.70. The average Bonchev–Trinajstić information content (AvgIpc) is 2.87. The maximum atomic E-state index is 12.9. The molecule has 2 aromatic carbocycles. The highest BCUT2D eigenvalue weighted by atomic mass is 19.1. The van der Waals surface area contributed by atoms with E-state index in [0.717, 1.165) is 16.8 Å². The molecule has 0 fully saturated rings. The lowest BCUT2D eigenvalue weighted by atomic mass is 10.1. The Morgan fingerprint density at radius 3 is 2.62 bits per heavy atom. The predicted octanol–water partition coefficient (Wildman–Crippen LogP) is 4.33. The van der Waals surface area contributed by atoms with Crippen molar-refractivity contribution in [2.45, 2.75) is 6.54 Å². The zero-order valence-corrected chi connectivity index (χ0v) is 11.3. The van der Waals surface area contributed by atoms with E-state index in [1.807, 2.05) is 30.6 Å². The summed E-state index contributed by atoms with van der Waals surface area (Å²) < 4.78 is 15.0. The minimum Gasteiger partial charge on any atom is -0.348 e. The highest BCUT2D eigenvalue weighted by Gasteiger charge is 2.11. The van der Waals surface area contributed by atoms with Gasteiger partial charge in [-0.25, -0.2) is 9.37 Å². The lowest BCUT2D eigenvalue weighted by Gasteiger charge is -2.09. The molecule has 3 heteroatoms. The van der Waals surface area contributed by atoms with Crippen molar-refractivity contribution in [3.05, 3.63) is 78.4 Å². The Labute approximate surface area is 121 Å². The molecule has 2 heterocycles. The van der Waals surface area contributed by atoms with Crippen LogP contribution in [-0.4, -0.2) is 9.55 Å². The summed E-state index contributed by atoms with van der Waals surface area (Å²) in [7, 11) is 0. The highest BCUT2D eigenvalue weighted by Crippen LogP contribution is 2.30. The molecule has 0 amide bonds. The van der Waals surface area contributed by atoms with Crippen LogP contribution in [0.4, 0.5) is 4.39 Å². The third-order valence-electron chi connectivity index (χ3n) is 3.71. The van der Waals surface area contributed by atoms with Crippen molar-refractivity contribution in [3.63, 3.8) is 0 Å². The third kappa shape index (κ3) is 2.17. The van der Waals surface area contributed by atoms with E-state index in [1.165, 1.54) is 23.1 Å². The average molecular weight is 276 g/mol. The molecule has 4 rings (SSSR count). The number of benzene rings is 2. The number of aromatic nitrogens is 2. The molecule has 0 saturated heterocycles. The molecule has 21 heavy (non-hydrogen) atoms. The van der Waals surface area contributed by atoms with Gasteiger partial charge in [-0.2, -0.15) is 0 Å². The first kappa shape index (κ1) is 12.1. The fourth-order valence-corrected chi connectivity index (χ4v) is 2.67. The van der Waals surface area contributed by atoms with Crippen molar-refractivity contribution < 1.29 is 4.39 Å². The number of halogens is 1. The van der Waals surface area contributed by atoms with Crippen LogP contribution in [0.3, 0.4) is 0 Å². The van der Waals surface area contributed by atoms with Gasteiger partial charge in [0.15, 0.2) is 0 Å². The van der Waals surface area contributed by atoms with E-state index in [0.29, 0.717) is 6.54 Å². The van der Waals surface area contributed by atoms with E-state index in [9.17, 15) is 4.39 Å². The summed E-state index contributed by atoms with van der Waals surface area (Å²) >= 11 is 0. The molecule has 2 aliphatic rings. The molecule has 102 valence electrons. The largest absolute Gasteiger partial charge is 0.348 e. The first-order valence-corrected chi connectivity index (χ1v) is 6.88. The summed E-state index contributed by atoms with van der Waals surface area (Å²) in [5.74, 6) is -0.205. The van der Waals surface area contributed by atoms with Crippen LogP contribution in [0.25, 0.3) is 22.2 Å². The Morgan fingerprint density at radius 2 is 1.76 bits per heavy atom. The SMILES string of the molecule is Fc1ccc(Cn2ccc3c4ccccc4nc-3c2)cc1. The smallest absolute Gasteiger partial charge is 0.123 e. The van der Waals surface area contributed by atoms with Gasteiger partial charge in [0.25, 0.3) is 0 Å². The molecule has 0 aromatic heterocycles. The molecule has 0 saturated carbocycles. The lowest BCUT2D eigenvalue weighted by Crippen LogP contribution is -2.00. The molecule has 0 unspecified atom stereocenters. The Kier molecular flexibility index (Phi) is 2.71. The first-order valence-electron chi connectivity index (χ1n) is 6.88. The van der Waals surface area contributed by atoms with Crippen molar-refractivity contribution in [2.75, 3.05) is 0 Å². The zero-order chi connectivity index (χ0) is 14.2. The normalized spacial score (nSPS) is 11.3. The van der Waals surface area contributed by atoms with E-state index in [-0.39, 0.29) is 5.82 Å². The monoisotopic (exact) mass is 276 g/mol. The van der Waals surface area contributed by atoms with Gasteiger partial charge in [0.1, 0.15) is 5.82 Å². The van der Waals surface area contributed by atoms with Gasteiger partial charge < -0.3 is 4.57 Å². The summed E-state index contributed by atoms with van der Waals surface area (Å²) in [6.07, 6.45) is 4.08. The zero-order valence-electron chi connectivity index (χ0n) is 11.3. The molecule has 2 nitrogen and oxygen atoms in total. The van der Waals surface area contributed by atoms with Crippen LogP contribution >= 0.6 is 0 Å². The highest BCUT2D eigenvalue weighted by molar-refractivity contribution is 5.96. The first-order chi connectivity index (χ1) is 10.3.